The Kier molecular flexibility index (Phi) is 5.32. The van der Waals surface area contributed by atoms with Crippen LogP contribution in [-0.4, -0.2) is 48.4 Å². The average molecular weight is 300 g/mol. The minimum absolute atomic E-state index is 0.0564. The fraction of sp³-hybridized carbons (Fsp3) is 0.500. The second kappa shape index (κ2) is 7.21. The van der Waals surface area contributed by atoms with Crippen molar-refractivity contribution in [2.45, 2.75) is 18.9 Å². The van der Waals surface area contributed by atoms with Gasteiger partial charge >= 0.3 is 6.03 Å². The molecule has 1 aromatic rings. The molecule has 1 saturated heterocycles. The van der Waals surface area contributed by atoms with E-state index in [0.717, 1.165) is 18.6 Å². The molecule has 0 saturated carbocycles. The number of nitrogens with zero attached hydrogens (tertiary/aromatic N) is 1. The first-order valence-electron chi connectivity index (χ1n) is 6.85. The number of hydrogen-bond donors (Lipinski definition) is 2. The molecule has 2 amide bonds. The van der Waals surface area contributed by atoms with Gasteiger partial charge in [-0.3, -0.25) is 0 Å². The average Bonchev–Trinajstić information content (AvgIpc) is 2.45. The van der Waals surface area contributed by atoms with E-state index < -0.39 is 17.7 Å². The zero-order chi connectivity index (χ0) is 15.2. The highest BCUT2D eigenvalue weighted by Crippen LogP contribution is 2.17. The predicted octanol–water partition coefficient (Wildman–Crippen LogP) is 1.51. The lowest BCUT2D eigenvalue weighted by molar-refractivity contribution is 0.0839. The summed E-state index contributed by atoms with van der Waals surface area (Å²) in [6, 6.07) is 2.76. The maximum Gasteiger partial charge on any atom is 0.317 e. The third-order valence-electron chi connectivity index (χ3n) is 3.21. The number of amides is 2. The van der Waals surface area contributed by atoms with Crippen molar-refractivity contribution in [2.24, 2.45) is 0 Å². The van der Waals surface area contributed by atoms with Gasteiger partial charge in [0.05, 0.1) is 12.6 Å². The summed E-state index contributed by atoms with van der Waals surface area (Å²) in [5.74, 6) is -1.50. The number of halogens is 2. The summed E-state index contributed by atoms with van der Waals surface area (Å²) < 4.78 is 31.1. The van der Waals surface area contributed by atoms with Crippen molar-refractivity contribution < 1.29 is 23.4 Å². The lowest BCUT2D eigenvalue weighted by atomic mass is 10.1. The van der Waals surface area contributed by atoms with E-state index in [9.17, 15) is 18.7 Å². The van der Waals surface area contributed by atoms with Gasteiger partial charge in [-0.1, -0.05) is 0 Å². The molecule has 2 rings (SSSR count). The molecular weight excluding hydrogens is 282 g/mol. The molecule has 0 bridgehead atoms. The lowest BCUT2D eigenvalue weighted by Gasteiger charge is -2.30. The van der Waals surface area contributed by atoms with Gasteiger partial charge in [-0.2, -0.15) is 0 Å². The monoisotopic (exact) mass is 300 g/mol. The maximum absolute atomic E-state index is 13.3. The summed E-state index contributed by atoms with van der Waals surface area (Å²) >= 11 is 0. The highest BCUT2D eigenvalue weighted by molar-refractivity contribution is 5.74. The molecule has 116 valence electrons. The quantitative estimate of drug-likeness (QED) is 0.829. The molecule has 1 aliphatic heterocycles. The summed E-state index contributed by atoms with van der Waals surface area (Å²) in [5.41, 5.74) is 0. The van der Waals surface area contributed by atoms with Crippen LogP contribution in [0.15, 0.2) is 18.2 Å². The van der Waals surface area contributed by atoms with Gasteiger partial charge in [-0.05, 0) is 25.0 Å². The van der Waals surface area contributed by atoms with E-state index in [-0.39, 0.29) is 24.9 Å². The lowest BCUT2D eigenvalue weighted by Crippen LogP contribution is -2.47. The number of urea groups is 1. The number of β-amino-alcohol motifs (C(OH)–C–C–N with tert-alkyl or cyclic N) is 1. The minimum Gasteiger partial charge on any atom is -0.489 e. The normalized spacial score (nSPS) is 18.4. The third-order valence-corrected chi connectivity index (χ3v) is 3.21. The number of piperidine rings is 1. The number of aliphatic hydroxyl groups is 1. The number of hydrogen-bond acceptors (Lipinski definition) is 3. The van der Waals surface area contributed by atoms with Crippen molar-refractivity contribution in [3.63, 3.8) is 0 Å². The molecule has 1 aromatic carbocycles. The third kappa shape index (κ3) is 4.56. The van der Waals surface area contributed by atoms with E-state index in [1.165, 1.54) is 11.0 Å². The number of carbonyl (C=O) groups excluding carboxylic acids is 1. The van der Waals surface area contributed by atoms with Crippen LogP contribution in [0.1, 0.15) is 12.8 Å². The van der Waals surface area contributed by atoms with Crippen LogP contribution in [-0.2, 0) is 0 Å². The standard InChI is InChI=1S/C14H18F2N2O3/c15-10-3-4-13(12(16)8-10)21-7-5-17-14(20)18-6-1-2-11(19)9-18/h3-4,8,11,19H,1-2,5-7,9H2,(H,17,20). The molecule has 0 radical (unpaired) electrons. The summed E-state index contributed by atoms with van der Waals surface area (Å²) in [4.78, 5) is 13.3. The Balaban J connectivity index is 1.70. The first-order valence-corrected chi connectivity index (χ1v) is 6.85. The van der Waals surface area contributed by atoms with E-state index in [1.807, 2.05) is 0 Å². The van der Waals surface area contributed by atoms with Gasteiger partial charge in [0, 0.05) is 19.2 Å². The smallest absolute Gasteiger partial charge is 0.317 e. The molecule has 0 spiro atoms. The number of likely N-dealkylation sites (tertiary alicyclic amines) is 1. The van der Waals surface area contributed by atoms with Crippen LogP contribution in [0, 0.1) is 11.6 Å². The molecule has 2 N–H and O–H groups in total. The van der Waals surface area contributed by atoms with E-state index in [2.05, 4.69) is 5.32 Å². The molecule has 7 heteroatoms. The Morgan fingerprint density at radius 1 is 1.48 bits per heavy atom. The number of rotatable bonds is 4. The van der Waals surface area contributed by atoms with Crippen LogP contribution in [0.2, 0.25) is 0 Å². The van der Waals surface area contributed by atoms with Crippen LogP contribution in [0.4, 0.5) is 13.6 Å². The van der Waals surface area contributed by atoms with Gasteiger partial charge in [-0.25, -0.2) is 13.6 Å². The maximum atomic E-state index is 13.3. The summed E-state index contributed by atoms with van der Waals surface area (Å²) in [5, 5.41) is 12.1. The van der Waals surface area contributed by atoms with Gasteiger partial charge < -0.3 is 20.1 Å². The number of carbonyl (C=O) groups is 1. The minimum atomic E-state index is -0.777. The van der Waals surface area contributed by atoms with Gasteiger partial charge in [0.1, 0.15) is 12.4 Å². The predicted molar refractivity (Wildman–Crippen MR) is 72.1 cm³/mol. The first-order chi connectivity index (χ1) is 10.1. The van der Waals surface area contributed by atoms with Crippen LogP contribution in [0.25, 0.3) is 0 Å². The van der Waals surface area contributed by atoms with Gasteiger partial charge in [0.25, 0.3) is 0 Å². The second-order valence-electron chi connectivity index (χ2n) is 4.90. The summed E-state index contributed by atoms with van der Waals surface area (Å²) in [6.07, 6.45) is 0.997. The molecule has 21 heavy (non-hydrogen) atoms. The molecule has 0 aliphatic carbocycles. The Bertz CT molecular complexity index is 499. The fourth-order valence-corrected chi connectivity index (χ4v) is 2.16. The zero-order valence-electron chi connectivity index (χ0n) is 11.5. The largest absolute Gasteiger partial charge is 0.489 e. The van der Waals surface area contributed by atoms with Crippen molar-refractivity contribution in [3.8, 4) is 5.75 Å². The molecule has 1 aliphatic rings. The van der Waals surface area contributed by atoms with Crippen molar-refractivity contribution in [1.82, 2.24) is 10.2 Å². The van der Waals surface area contributed by atoms with Crippen LogP contribution < -0.4 is 10.1 Å². The molecule has 5 nitrogen and oxygen atoms in total. The van der Waals surface area contributed by atoms with Gasteiger partial charge in [0.2, 0.25) is 0 Å². The van der Waals surface area contributed by atoms with Crippen LogP contribution >= 0.6 is 0 Å². The fourth-order valence-electron chi connectivity index (χ4n) is 2.16. The number of aliphatic hydroxyl groups excluding tert-OH is 1. The highest BCUT2D eigenvalue weighted by atomic mass is 19.1. The van der Waals surface area contributed by atoms with Crippen LogP contribution in [0.5, 0.6) is 5.75 Å². The molecule has 1 fully saturated rings. The zero-order valence-corrected chi connectivity index (χ0v) is 11.5. The Hall–Kier alpha value is -1.89. The summed E-state index contributed by atoms with van der Waals surface area (Å²) in [6.45, 7) is 1.20. The first kappa shape index (κ1) is 15.5. The second-order valence-corrected chi connectivity index (χ2v) is 4.90. The van der Waals surface area contributed by atoms with E-state index >= 15 is 0 Å². The summed E-state index contributed by atoms with van der Waals surface area (Å²) in [7, 11) is 0. The molecule has 0 aromatic heterocycles. The van der Waals surface area contributed by atoms with E-state index in [0.29, 0.717) is 19.5 Å². The number of nitrogens with one attached hydrogen (secondary N) is 1. The van der Waals surface area contributed by atoms with Crippen LogP contribution in [0.3, 0.4) is 0 Å². The highest BCUT2D eigenvalue weighted by Gasteiger charge is 2.21. The van der Waals surface area contributed by atoms with Crippen molar-refractivity contribution in [3.05, 3.63) is 29.8 Å². The number of ether oxygens (including phenoxy) is 1. The van der Waals surface area contributed by atoms with Crippen molar-refractivity contribution in [2.75, 3.05) is 26.2 Å². The van der Waals surface area contributed by atoms with E-state index in [1.54, 1.807) is 0 Å². The Labute approximate surface area is 121 Å². The van der Waals surface area contributed by atoms with Gasteiger partial charge in [0.15, 0.2) is 11.6 Å². The van der Waals surface area contributed by atoms with Crippen molar-refractivity contribution >= 4 is 6.03 Å². The Morgan fingerprint density at radius 2 is 2.29 bits per heavy atom. The molecule has 1 atom stereocenters. The topological polar surface area (TPSA) is 61.8 Å². The molecular formula is C14H18F2N2O3. The van der Waals surface area contributed by atoms with Gasteiger partial charge in [-0.15, -0.1) is 0 Å². The Morgan fingerprint density at radius 3 is 3.00 bits per heavy atom. The van der Waals surface area contributed by atoms with Crippen molar-refractivity contribution in [1.29, 1.82) is 0 Å². The molecule has 1 heterocycles. The number of benzene rings is 1. The van der Waals surface area contributed by atoms with E-state index in [4.69, 9.17) is 4.74 Å². The molecule has 1 unspecified atom stereocenters. The SMILES string of the molecule is O=C(NCCOc1ccc(F)cc1F)N1CCCC(O)C1.